The molecule has 1 aliphatic rings. The highest BCUT2D eigenvalue weighted by Crippen LogP contribution is 2.24. The average molecular weight is 344 g/mol. The molecule has 5 heteroatoms. The fourth-order valence-corrected chi connectivity index (χ4v) is 3.03. The number of hydrogen-bond acceptors (Lipinski definition) is 2. The lowest BCUT2D eigenvalue weighted by Crippen LogP contribution is -2.38. The van der Waals surface area contributed by atoms with E-state index in [2.05, 4.69) is 21.2 Å². The fraction of sp³-hybridized carbons (Fsp3) is 0.533. The van der Waals surface area contributed by atoms with Crippen LogP contribution in [0.5, 0.6) is 0 Å². The van der Waals surface area contributed by atoms with Crippen molar-refractivity contribution in [1.29, 1.82) is 0 Å². The molecule has 0 saturated heterocycles. The summed E-state index contributed by atoms with van der Waals surface area (Å²) < 4.78 is 13.5. The predicted octanol–water partition coefficient (Wildman–Crippen LogP) is 2.80. The number of amides is 1. The van der Waals surface area contributed by atoms with Crippen LogP contribution in [-0.2, 0) is 11.2 Å². The van der Waals surface area contributed by atoms with E-state index in [1.807, 2.05) is 0 Å². The molecule has 0 bridgehead atoms. The zero-order chi connectivity index (χ0) is 14.5. The zero-order valence-electron chi connectivity index (χ0n) is 11.2. The van der Waals surface area contributed by atoms with E-state index in [-0.39, 0.29) is 30.8 Å². The van der Waals surface area contributed by atoms with Crippen molar-refractivity contribution >= 4 is 21.8 Å². The highest BCUT2D eigenvalue weighted by atomic mass is 79.9. The third-order valence-electron chi connectivity index (χ3n) is 3.82. The largest absolute Gasteiger partial charge is 0.396 e. The maximum Gasteiger partial charge on any atom is 0.224 e. The summed E-state index contributed by atoms with van der Waals surface area (Å²) in [6.45, 7) is 0.240. The molecule has 1 aromatic rings. The molecule has 0 heterocycles. The van der Waals surface area contributed by atoms with Crippen molar-refractivity contribution < 1.29 is 14.3 Å². The minimum absolute atomic E-state index is 0.0315. The molecule has 1 aliphatic carbocycles. The van der Waals surface area contributed by atoms with Crippen molar-refractivity contribution in [3.05, 3.63) is 34.1 Å². The van der Waals surface area contributed by atoms with E-state index in [0.717, 1.165) is 31.2 Å². The Bertz CT molecular complexity index is 473. The van der Waals surface area contributed by atoms with Crippen LogP contribution in [-0.4, -0.2) is 23.7 Å². The van der Waals surface area contributed by atoms with Gasteiger partial charge in [-0.2, -0.15) is 0 Å². The van der Waals surface area contributed by atoms with E-state index in [4.69, 9.17) is 5.11 Å². The SMILES string of the molecule is O=C(Cc1ccc(F)c(Br)c1)NC1CCC(CO)CC1. The fourth-order valence-electron chi connectivity index (χ4n) is 2.60. The Kier molecular flexibility index (Phi) is 5.54. The van der Waals surface area contributed by atoms with Crippen LogP contribution in [0.3, 0.4) is 0 Å². The second kappa shape index (κ2) is 7.18. The quantitative estimate of drug-likeness (QED) is 0.883. The van der Waals surface area contributed by atoms with Crippen molar-refractivity contribution in [2.75, 3.05) is 6.61 Å². The molecule has 1 fully saturated rings. The third kappa shape index (κ3) is 4.28. The lowest BCUT2D eigenvalue weighted by molar-refractivity contribution is -0.121. The Morgan fingerprint density at radius 2 is 2.05 bits per heavy atom. The van der Waals surface area contributed by atoms with Gasteiger partial charge >= 0.3 is 0 Å². The molecular formula is C15H19BrFNO2. The molecule has 1 saturated carbocycles. The summed E-state index contributed by atoms with van der Waals surface area (Å²) >= 11 is 3.12. The summed E-state index contributed by atoms with van der Waals surface area (Å²) in [6.07, 6.45) is 4.03. The van der Waals surface area contributed by atoms with Crippen molar-refractivity contribution in [1.82, 2.24) is 5.32 Å². The number of aliphatic hydroxyl groups is 1. The number of carbonyl (C=O) groups excluding carboxylic acids is 1. The highest BCUT2D eigenvalue weighted by molar-refractivity contribution is 9.10. The van der Waals surface area contributed by atoms with E-state index >= 15 is 0 Å². The predicted molar refractivity (Wildman–Crippen MR) is 78.8 cm³/mol. The Balaban J connectivity index is 1.82. The first-order valence-electron chi connectivity index (χ1n) is 6.92. The van der Waals surface area contributed by atoms with Gasteiger partial charge in [-0.1, -0.05) is 6.07 Å². The van der Waals surface area contributed by atoms with E-state index in [1.54, 1.807) is 12.1 Å². The maximum atomic E-state index is 13.1. The van der Waals surface area contributed by atoms with Gasteiger partial charge in [0.15, 0.2) is 0 Å². The van der Waals surface area contributed by atoms with Crippen molar-refractivity contribution in [3.8, 4) is 0 Å². The highest BCUT2D eigenvalue weighted by Gasteiger charge is 2.21. The number of rotatable bonds is 4. The van der Waals surface area contributed by atoms with Gasteiger partial charge in [0, 0.05) is 12.6 Å². The molecule has 0 spiro atoms. The first-order valence-corrected chi connectivity index (χ1v) is 7.72. The standard InChI is InChI=1S/C15H19BrFNO2/c16-13-7-11(3-6-14(13)17)8-15(20)18-12-4-1-10(9-19)2-5-12/h3,6-7,10,12,19H,1-2,4-5,8-9H2,(H,18,20). The summed E-state index contributed by atoms with van der Waals surface area (Å²) in [5, 5.41) is 12.1. The molecule has 0 aromatic heterocycles. The summed E-state index contributed by atoms with van der Waals surface area (Å²) in [5.41, 5.74) is 0.791. The molecule has 0 atom stereocenters. The molecule has 2 rings (SSSR count). The monoisotopic (exact) mass is 343 g/mol. The number of carbonyl (C=O) groups is 1. The van der Waals surface area contributed by atoms with Crippen molar-refractivity contribution in [3.63, 3.8) is 0 Å². The Morgan fingerprint density at radius 1 is 1.35 bits per heavy atom. The van der Waals surface area contributed by atoms with E-state index in [0.29, 0.717) is 10.4 Å². The third-order valence-corrected chi connectivity index (χ3v) is 4.43. The molecule has 20 heavy (non-hydrogen) atoms. The molecule has 2 N–H and O–H groups in total. The molecule has 0 unspecified atom stereocenters. The molecule has 110 valence electrons. The van der Waals surface area contributed by atoms with Crippen LogP contribution in [0.2, 0.25) is 0 Å². The lowest BCUT2D eigenvalue weighted by Gasteiger charge is -2.28. The second-order valence-corrected chi connectivity index (χ2v) is 6.25. The van der Waals surface area contributed by atoms with Gasteiger partial charge in [-0.25, -0.2) is 4.39 Å². The van der Waals surface area contributed by atoms with Gasteiger partial charge in [0.2, 0.25) is 5.91 Å². The summed E-state index contributed by atoms with van der Waals surface area (Å²) in [6, 6.07) is 4.83. The van der Waals surface area contributed by atoms with Crippen LogP contribution >= 0.6 is 15.9 Å². The van der Waals surface area contributed by atoms with Crippen LogP contribution in [0.4, 0.5) is 4.39 Å². The minimum Gasteiger partial charge on any atom is -0.396 e. The Hall–Kier alpha value is -0.940. The number of nitrogens with one attached hydrogen (secondary N) is 1. The van der Waals surface area contributed by atoms with Gasteiger partial charge in [-0.05, 0) is 65.2 Å². The summed E-state index contributed by atoms with van der Waals surface area (Å²) in [4.78, 5) is 12.0. The van der Waals surface area contributed by atoms with E-state index in [1.165, 1.54) is 6.07 Å². The number of halogens is 2. The molecule has 0 aliphatic heterocycles. The minimum atomic E-state index is -0.323. The second-order valence-electron chi connectivity index (χ2n) is 5.39. The molecule has 3 nitrogen and oxygen atoms in total. The van der Waals surface area contributed by atoms with Gasteiger partial charge in [0.05, 0.1) is 10.9 Å². The zero-order valence-corrected chi connectivity index (χ0v) is 12.8. The smallest absolute Gasteiger partial charge is 0.224 e. The van der Waals surface area contributed by atoms with Crippen LogP contribution in [0.15, 0.2) is 22.7 Å². The van der Waals surface area contributed by atoms with Crippen molar-refractivity contribution in [2.45, 2.75) is 38.1 Å². The number of hydrogen-bond donors (Lipinski definition) is 2. The van der Waals surface area contributed by atoms with Crippen LogP contribution in [0.1, 0.15) is 31.2 Å². The first kappa shape index (κ1) is 15.4. The molecule has 0 radical (unpaired) electrons. The molecular weight excluding hydrogens is 325 g/mol. The van der Waals surface area contributed by atoms with Crippen LogP contribution in [0.25, 0.3) is 0 Å². The molecule has 1 aromatic carbocycles. The van der Waals surface area contributed by atoms with Gasteiger partial charge in [-0.3, -0.25) is 4.79 Å². The van der Waals surface area contributed by atoms with E-state index < -0.39 is 0 Å². The van der Waals surface area contributed by atoms with E-state index in [9.17, 15) is 9.18 Å². The van der Waals surface area contributed by atoms with Gasteiger partial charge < -0.3 is 10.4 Å². The summed E-state index contributed by atoms with van der Waals surface area (Å²) in [7, 11) is 0. The Morgan fingerprint density at radius 3 is 2.65 bits per heavy atom. The number of aliphatic hydroxyl groups excluding tert-OH is 1. The summed E-state index contributed by atoms with van der Waals surface area (Å²) in [5.74, 6) is 0.0312. The lowest BCUT2D eigenvalue weighted by atomic mass is 9.86. The normalized spacial score (nSPS) is 22.6. The van der Waals surface area contributed by atoms with Crippen LogP contribution in [0, 0.1) is 11.7 Å². The topological polar surface area (TPSA) is 49.3 Å². The molecule has 1 amide bonds. The van der Waals surface area contributed by atoms with Gasteiger partial charge in [0.25, 0.3) is 0 Å². The Labute approximate surface area is 126 Å². The maximum absolute atomic E-state index is 13.1. The van der Waals surface area contributed by atoms with Crippen molar-refractivity contribution in [2.24, 2.45) is 5.92 Å². The average Bonchev–Trinajstić information content (AvgIpc) is 2.44. The van der Waals surface area contributed by atoms with Gasteiger partial charge in [-0.15, -0.1) is 0 Å². The first-order chi connectivity index (χ1) is 9.58. The van der Waals surface area contributed by atoms with Crippen LogP contribution < -0.4 is 5.32 Å². The van der Waals surface area contributed by atoms with Gasteiger partial charge in [0.1, 0.15) is 5.82 Å². The number of benzene rings is 1.